The van der Waals surface area contributed by atoms with E-state index in [1.165, 1.54) is 0 Å². The van der Waals surface area contributed by atoms with Crippen molar-refractivity contribution < 1.29 is 9.59 Å². The van der Waals surface area contributed by atoms with E-state index in [1.54, 1.807) is 37.3 Å². The van der Waals surface area contributed by atoms with Crippen LogP contribution in [0.4, 0.5) is 11.8 Å². The molecule has 6 nitrogen and oxygen atoms in total. The van der Waals surface area contributed by atoms with E-state index in [2.05, 4.69) is 20.6 Å². The van der Waals surface area contributed by atoms with Gasteiger partial charge >= 0.3 is 0 Å². The number of amides is 2. The fourth-order valence-electron chi connectivity index (χ4n) is 2.46. The smallest absolute Gasteiger partial charge is 0.258 e. The van der Waals surface area contributed by atoms with Crippen molar-refractivity contribution in [1.82, 2.24) is 9.97 Å². The highest BCUT2D eigenvalue weighted by Crippen LogP contribution is 2.13. The van der Waals surface area contributed by atoms with Crippen molar-refractivity contribution in [2.24, 2.45) is 0 Å². The van der Waals surface area contributed by atoms with E-state index < -0.39 is 0 Å². The fraction of sp³-hybridized carbons (Fsp3) is 0.217. The summed E-state index contributed by atoms with van der Waals surface area (Å²) in [5.41, 5.74) is 3.81. The highest BCUT2D eigenvalue weighted by molar-refractivity contribution is 6.05. The Morgan fingerprint density at radius 2 is 1.14 bits per heavy atom. The van der Waals surface area contributed by atoms with Gasteiger partial charge in [0.25, 0.3) is 11.8 Å². The molecular formula is C23H26N4O2. The predicted molar refractivity (Wildman–Crippen MR) is 116 cm³/mol. The van der Waals surface area contributed by atoms with Gasteiger partial charge in [-0.3, -0.25) is 14.9 Å². The van der Waals surface area contributed by atoms with E-state index in [1.807, 2.05) is 52.0 Å². The lowest BCUT2D eigenvalue weighted by atomic mass is 10.1. The molecule has 3 rings (SSSR count). The Labute approximate surface area is 171 Å². The van der Waals surface area contributed by atoms with Crippen molar-refractivity contribution in [3.63, 3.8) is 0 Å². The van der Waals surface area contributed by atoms with Crippen LogP contribution in [0.2, 0.25) is 0 Å². The minimum absolute atomic E-state index is 0.139. The third-order valence-electron chi connectivity index (χ3n) is 3.95. The normalized spacial score (nSPS) is 9.83. The second-order valence-corrected chi connectivity index (χ2v) is 6.36. The van der Waals surface area contributed by atoms with Crippen LogP contribution >= 0.6 is 0 Å². The van der Waals surface area contributed by atoms with E-state index in [0.29, 0.717) is 22.6 Å². The summed E-state index contributed by atoms with van der Waals surface area (Å²) in [6, 6.07) is 16.1. The van der Waals surface area contributed by atoms with Gasteiger partial charge in [-0.25, -0.2) is 4.98 Å². The molecule has 29 heavy (non-hydrogen) atoms. The van der Waals surface area contributed by atoms with Crippen molar-refractivity contribution in [2.45, 2.75) is 34.6 Å². The molecule has 150 valence electrons. The highest BCUT2D eigenvalue weighted by Gasteiger charge is 2.11. The average molecular weight is 390 g/mol. The molecule has 0 aliphatic rings. The van der Waals surface area contributed by atoms with Gasteiger partial charge in [-0.2, -0.15) is 4.98 Å². The first-order valence-corrected chi connectivity index (χ1v) is 9.52. The standard InChI is InChI=1S/C21H20N4O2.C2H6/c1-13-4-8-16(9-5-13)19(26)23-18-12-15(3)22-21(24-18)25-20(27)17-10-6-14(2)7-11-17;1-2/h4-12H,1-3H3,(H2,22,23,24,25,26,27);1-2H3. The zero-order valence-corrected chi connectivity index (χ0v) is 17.4. The summed E-state index contributed by atoms with van der Waals surface area (Å²) in [5, 5.41) is 5.40. The third-order valence-corrected chi connectivity index (χ3v) is 3.95. The lowest BCUT2D eigenvalue weighted by molar-refractivity contribution is 0.101. The zero-order valence-electron chi connectivity index (χ0n) is 17.4. The highest BCUT2D eigenvalue weighted by atomic mass is 16.2. The van der Waals surface area contributed by atoms with E-state index >= 15 is 0 Å². The van der Waals surface area contributed by atoms with Crippen LogP contribution in [0.25, 0.3) is 0 Å². The Kier molecular flexibility index (Phi) is 7.60. The van der Waals surface area contributed by atoms with Gasteiger partial charge in [-0.1, -0.05) is 49.2 Å². The van der Waals surface area contributed by atoms with Gasteiger partial charge in [0, 0.05) is 22.9 Å². The topological polar surface area (TPSA) is 84.0 Å². The number of aryl methyl sites for hydroxylation is 3. The molecule has 0 radical (unpaired) electrons. The summed E-state index contributed by atoms with van der Waals surface area (Å²) < 4.78 is 0. The number of nitrogens with one attached hydrogen (secondary N) is 2. The molecule has 3 aromatic rings. The molecule has 0 aliphatic heterocycles. The van der Waals surface area contributed by atoms with Gasteiger partial charge in [0.15, 0.2) is 0 Å². The Balaban J connectivity index is 0.00000145. The number of aromatic nitrogens is 2. The summed E-state index contributed by atoms with van der Waals surface area (Å²) >= 11 is 0. The second kappa shape index (κ2) is 10.1. The number of nitrogens with zero attached hydrogens (tertiary/aromatic N) is 2. The minimum Gasteiger partial charge on any atom is -0.306 e. The molecule has 6 heteroatoms. The molecule has 0 aliphatic carbocycles. The van der Waals surface area contributed by atoms with E-state index in [-0.39, 0.29) is 17.8 Å². The Hall–Kier alpha value is -3.54. The van der Waals surface area contributed by atoms with Crippen LogP contribution in [-0.2, 0) is 0 Å². The molecule has 2 N–H and O–H groups in total. The molecule has 0 bridgehead atoms. The first-order chi connectivity index (χ1) is 13.9. The van der Waals surface area contributed by atoms with Crippen LogP contribution in [-0.4, -0.2) is 21.8 Å². The van der Waals surface area contributed by atoms with Crippen LogP contribution < -0.4 is 10.6 Å². The molecule has 0 atom stereocenters. The number of carbonyl (C=O) groups is 2. The van der Waals surface area contributed by atoms with Crippen molar-refractivity contribution in [2.75, 3.05) is 10.6 Å². The molecule has 0 saturated heterocycles. The summed E-state index contributed by atoms with van der Waals surface area (Å²) in [6.07, 6.45) is 0. The monoisotopic (exact) mass is 390 g/mol. The molecule has 1 aromatic heterocycles. The molecule has 0 unspecified atom stereocenters. The molecule has 2 aromatic carbocycles. The maximum atomic E-state index is 12.4. The van der Waals surface area contributed by atoms with E-state index in [4.69, 9.17) is 0 Å². The maximum Gasteiger partial charge on any atom is 0.258 e. The molecule has 0 saturated carbocycles. The number of anilines is 2. The Morgan fingerprint density at radius 3 is 1.62 bits per heavy atom. The van der Waals surface area contributed by atoms with Gasteiger partial charge < -0.3 is 5.32 Å². The summed E-state index contributed by atoms with van der Waals surface area (Å²) in [5.74, 6) is -0.118. The zero-order chi connectivity index (χ0) is 21.4. The summed E-state index contributed by atoms with van der Waals surface area (Å²) in [7, 11) is 0. The van der Waals surface area contributed by atoms with Crippen molar-refractivity contribution >= 4 is 23.6 Å². The molecular weight excluding hydrogens is 364 g/mol. The quantitative estimate of drug-likeness (QED) is 0.661. The largest absolute Gasteiger partial charge is 0.306 e. The van der Waals surface area contributed by atoms with Gasteiger partial charge in [0.2, 0.25) is 5.95 Å². The van der Waals surface area contributed by atoms with E-state index in [0.717, 1.165) is 11.1 Å². The van der Waals surface area contributed by atoms with Crippen LogP contribution in [0.1, 0.15) is 51.4 Å². The lowest BCUT2D eigenvalue weighted by Crippen LogP contribution is -2.17. The van der Waals surface area contributed by atoms with Crippen LogP contribution in [0.15, 0.2) is 54.6 Å². The van der Waals surface area contributed by atoms with Gasteiger partial charge in [-0.15, -0.1) is 0 Å². The van der Waals surface area contributed by atoms with Crippen LogP contribution in [0.5, 0.6) is 0 Å². The average Bonchev–Trinajstić information content (AvgIpc) is 2.70. The minimum atomic E-state index is -0.309. The number of hydrogen-bond donors (Lipinski definition) is 2. The molecule has 0 spiro atoms. The fourth-order valence-corrected chi connectivity index (χ4v) is 2.46. The Morgan fingerprint density at radius 1 is 0.690 bits per heavy atom. The summed E-state index contributed by atoms with van der Waals surface area (Å²) in [6.45, 7) is 9.68. The Bertz CT molecular complexity index is 903. The first kappa shape index (κ1) is 21.8. The number of benzene rings is 2. The van der Waals surface area contributed by atoms with Crippen LogP contribution in [0.3, 0.4) is 0 Å². The second-order valence-electron chi connectivity index (χ2n) is 6.36. The SMILES string of the molecule is CC.Cc1ccc(C(=O)Nc2cc(C)nc(NC(=O)c3ccc(C)cc3)n2)cc1. The van der Waals surface area contributed by atoms with Gasteiger partial charge in [0.05, 0.1) is 0 Å². The predicted octanol–water partition coefficient (Wildman–Crippen LogP) is 4.93. The third kappa shape index (κ3) is 6.24. The van der Waals surface area contributed by atoms with Crippen molar-refractivity contribution in [3.05, 3.63) is 82.5 Å². The van der Waals surface area contributed by atoms with Gasteiger partial charge in [-0.05, 0) is 45.0 Å². The first-order valence-electron chi connectivity index (χ1n) is 9.52. The summed E-state index contributed by atoms with van der Waals surface area (Å²) in [4.78, 5) is 33.1. The van der Waals surface area contributed by atoms with Crippen LogP contribution in [0, 0.1) is 20.8 Å². The lowest BCUT2D eigenvalue weighted by Gasteiger charge is -2.09. The number of hydrogen-bond acceptors (Lipinski definition) is 4. The van der Waals surface area contributed by atoms with Crippen molar-refractivity contribution in [1.29, 1.82) is 0 Å². The number of carbonyl (C=O) groups excluding carboxylic acids is 2. The molecule has 0 fully saturated rings. The maximum absolute atomic E-state index is 12.4. The molecule has 2 amide bonds. The van der Waals surface area contributed by atoms with E-state index in [9.17, 15) is 9.59 Å². The van der Waals surface area contributed by atoms with Gasteiger partial charge in [0.1, 0.15) is 5.82 Å². The number of rotatable bonds is 4. The molecule has 1 heterocycles. The van der Waals surface area contributed by atoms with Crippen molar-refractivity contribution in [3.8, 4) is 0 Å².